The summed E-state index contributed by atoms with van der Waals surface area (Å²) in [5.41, 5.74) is 2.97. The van der Waals surface area contributed by atoms with E-state index in [9.17, 15) is 9.18 Å². The van der Waals surface area contributed by atoms with Crippen LogP contribution in [0.1, 0.15) is 29.5 Å². The molecule has 168 valence electrons. The van der Waals surface area contributed by atoms with E-state index in [2.05, 4.69) is 20.4 Å². The molecule has 1 aromatic heterocycles. The molecular weight excluding hydrogens is 411 g/mol. The summed E-state index contributed by atoms with van der Waals surface area (Å²) in [6.07, 6.45) is 0.609. The number of halogens is 1. The van der Waals surface area contributed by atoms with Crippen LogP contribution in [0.5, 0.6) is 0 Å². The summed E-state index contributed by atoms with van der Waals surface area (Å²) in [5, 5.41) is 11.1. The molecule has 0 aliphatic carbocycles. The van der Waals surface area contributed by atoms with Crippen LogP contribution in [0.2, 0.25) is 0 Å². The standard InChI is InChI=1S/C24H27FN4O3/c1-17-2-4-19(5-3-17)24-28-27-23(32-24)11-10-22(30)26-16-21(29-12-14-31-15-13-29)18-6-8-20(25)9-7-18/h2-9,21H,10-16H2,1H3,(H,26,30). The Kier molecular flexibility index (Phi) is 7.24. The van der Waals surface area contributed by atoms with Gasteiger partial charge in [0.2, 0.25) is 17.7 Å². The fraction of sp³-hybridized carbons (Fsp3) is 0.375. The number of nitrogens with one attached hydrogen (secondary N) is 1. The second-order valence-electron chi connectivity index (χ2n) is 7.89. The van der Waals surface area contributed by atoms with E-state index < -0.39 is 0 Å². The van der Waals surface area contributed by atoms with E-state index >= 15 is 0 Å². The van der Waals surface area contributed by atoms with Gasteiger partial charge in [0.1, 0.15) is 5.82 Å². The second-order valence-corrected chi connectivity index (χ2v) is 7.89. The molecule has 1 aliphatic rings. The van der Waals surface area contributed by atoms with Crippen molar-refractivity contribution in [2.75, 3.05) is 32.8 Å². The summed E-state index contributed by atoms with van der Waals surface area (Å²) in [6, 6.07) is 14.2. The lowest BCUT2D eigenvalue weighted by Gasteiger charge is -2.35. The van der Waals surface area contributed by atoms with Gasteiger partial charge in [-0.15, -0.1) is 10.2 Å². The van der Waals surface area contributed by atoms with Gasteiger partial charge < -0.3 is 14.5 Å². The molecule has 7 nitrogen and oxygen atoms in total. The highest BCUT2D eigenvalue weighted by Gasteiger charge is 2.23. The quantitative estimate of drug-likeness (QED) is 0.581. The molecular formula is C24H27FN4O3. The van der Waals surface area contributed by atoms with E-state index in [0.29, 0.717) is 38.0 Å². The Morgan fingerprint density at radius 3 is 2.53 bits per heavy atom. The minimum absolute atomic E-state index is 0.0417. The van der Waals surface area contributed by atoms with Crippen molar-refractivity contribution in [1.82, 2.24) is 20.4 Å². The SMILES string of the molecule is Cc1ccc(-c2nnc(CCC(=O)NCC(c3ccc(F)cc3)N3CCOCC3)o2)cc1. The third kappa shape index (κ3) is 5.77. The molecule has 8 heteroatoms. The maximum absolute atomic E-state index is 13.4. The Bertz CT molecular complexity index is 1010. The lowest BCUT2D eigenvalue weighted by atomic mass is 10.0. The van der Waals surface area contributed by atoms with Crippen LogP contribution >= 0.6 is 0 Å². The second kappa shape index (κ2) is 10.5. The van der Waals surface area contributed by atoms with E-state index in [-0.39, 0.29) is 24.2 Å². The summed E-state index contributed by atoms with van der Waals surface area (Å²) in [4.78, 5) is 14.8. The van der Waals surface area contributed by atoms with Crippen molar-refractivity contribution in [1.29, 1.82) is 0 Å². The van der Waals surface area contributed by atoms with Crippen molar-refractivity contribution in [3.05, 3.63) is 71.4 Å². The summed E-state index contributed by atoms with van der Waals surface area (Å²) in [7, 11) is 0. The van der Waals surface area contributed by atoms with E-state index in [1.807, 2.05) is 31.2 Å². The fourth-order valence-corrected chi connectivity index (χ4v) is 3.72. The molecule has 0 radical (unpaired) electrons. The van der Waals surface area contributed by atoms with Gasteiger partial charge in [-0.2, -0.15) is 0 Å². The van der Waals surface area contributed by atoms with Crippen molar-refractivity contribution in [3.8, 4) is 11.5 Å². The fourth-order valence-electron chi connectivity index (χ4n) is 3.72. The molecule has 4 rings (SSSR count). The number of carbonyl (C=O) groups is 1. The Morgan fingerprint density at radius 1 is 1.09 bits per heavy atom. The summed E-state index contributed by atoms with van der Waals surface area (Å²) in [5.74, 6) is 0.506. The smallest absolute Gasteiger partial charge is 0.247 e. The third-order valence-corrected chi connectivity index (χ3v) is 5.57. The monoisotopic (exact) mass is 438 g/mol. The van der Waals surface area contributed by atoms with Gasteiger partial charge in [-0.25, -0.2) is 4.39 Å². The molecule has 1 aliphatic heterocycles. The maximum atomic E-state index is 13.4. The summed E-state index contributed by atoms with van der Waals surface area (Å²) >= 11 is 0. The van der Waals surface area contributed by atoms with Gasteiger partial charge in [0.25, 0.3) is 0 Å². The Morgan fingerprint density at radius 2 is 1.81 bits per heavy atom. The number of amides is 1. The molecule has 1 saturated heterocycles. The van der Waals surface area contributed by atoms with Crippen molar-refractivity contribution in [2.45, 2.75) is 25.8 Å². The molecule has 1 N–H and O–H groups in total. The van der Waals surface area contributed by atoms with Crippen LogP contribution in [0.4, 0.5) is 4.39 Å². The Balaban J connectivity index is 1.32. The van der Waals surface area contributed by atoms with Crippen LogP contribution in [-0.2, 0) is 16.0 Å². The highest BCUT2D eigenvalue weighted by Crippen LogP contribution is 2.22. The van der Waals surface area contributed by atoms with E-state index in [1.165, 1.54) is 12.1 Å². The molecule has 1 fully saturated rings. The number of morpholine rings is 1. The van der Waals surface area contributed by atoms with Crippen LogP contribution < -0.4 is 5.32 Å². The van der Waals surface area contributed by atoms with Crippen molar-refractivity contribution < 1.29 is 18.3 Å². The number of aryl methyl sites for hydroxylation is 2. The molecule has 1 amide bonds. The van der Waals surface area contributed by atoms with E-state index in [0.717, 1.165) is 29.8 Å². The summed E-state index contributed by atoms with van der Waals surface area (Å²) in [6.45, 7) is 5.27. The molecule has 0 bridgehead atoms. The molecule has 1 atom stereocenters. The molecule has 0 saturated carbocycles. The first-order valence-electron chi connectivity index (χ1n) is 10.8. The molecule has 1 unspecified atom stereocenters. The highest BCUT2D eigenvalue weighted by molar-refractivity contribution is 5.76. The lowest BCUT2D eigenvalue weighted by molar-refractivity contribution is -0.121. The molecule has 2 aromatic carbocycles. The maximum Gasteiger partial charge on any atom is 0.247 e. The largest absolute Gasteiger partial charge is 0.421 e. The zero-order valence-electron chi connectivity index (χ0n) is 18.1. The first-order chi connectivity index (χ1) is 15.6. The number of benzene rings is 2. The molecule has 2 heterocycles. The van der Waals surface area contributed by atoms with Gasteiger partial charge in [0.15, 0.2) is 0 Å². The zero-order chi connectivity index (χ0) is 22.3. The number of carbonyl (C=O) groups excluding carboxylic acids is 1. The van der Waals surface area contributed by atoms with Gasteiger partial charge in [0.05, 0.1) is 19.3 Å². The Hall–Kier alpha value is -3.10. The predicted molar refractivity (Wildman–Crippen MR) is 117 cm³/mol. The van der Waals surface area contributed by atoms with Gasteiger partial charge in [-0.05, 0) is 36.8 Å². The number of aromatic nitrogens is 2. The lowest BCUT2D eigenvalue weighted by Crippen LogP contribution is -2.43. The van der Waals surface area contributed by atoms with E-state index in [4.69, 9.17) is 9.15 Å². The number of hydrogen-bond acceptors (Lipinski definition) is 6. The first-order valence-corrected chi connectivity index (χ1v) is 10.8. The van der Waals surface area contributed by atoms with Gasteiger partial charge >= 0.3 is 0 Å². The highest BCUT2D eigenvalue weighted by atomic mass is 19.1. The predicted octanol–water partition coefficient (Wildman–Crippen LogP) is 3.31. The molecule has 0 spiro atoms. The van der Waals surface area contributed by atoms with Crippen LogP contribution in [0.15, 0.2) is 52.9 Å². The average molecular weight is 439 g/mol. The number of ether oxygens (including phenoxy) is 1. The first kappa shape index (κ1) is 22.1. The number of hydrogen-bond donors (Lipinski definition) is 1. The topological polar surface area (TPSA) is 80.5 Å². The van der Waals surface area contributed by atoms with Crippen LogP contribution in [0, 0.1) is 12.7 Å². The zero-order valence-corrected chi connectivity index (χ0v) is 18.1. The van der Waals surface area contributed by atoms with Crippen LogP contribution in [-0.4, -0.2) is 53.9 Å². The number of nitrogens with zero attached hydrogens (tertiary/aromatic N) is 3. The molecule has 3 aromatic rings. The van der Waals surface area contributed by atoms with Crippen LogP contribution in [0.25, 0.3) is 11.5 Å². The average Bonchev–Trinajstić information content (AvgIpc) is 3.29. The summed E-state index contributed by atoms with van der Waals surface area (Å²) < 4.78 is 24.5. The van der Waals surface area contributed by atoms with Gasteiger partial charge in [0, 0.05) is 38.0 Å². The van der Waals surface area contributed by atoms with Gasteiger partial charge in [-0.3, -0.25) is 9.69 Å². The minimum Gasteiger partial charge on any atom is -0.421 e. The number of rotatable bonds is 8. The van der Waals surface area contributed by atoms with Gasteiger partial charge in [-0.1, -0.05) is 29.8 Å². The third-order valence-electron chi connectivity index (χ3n) is 5.57. The van der Waals surface area contributed by atoms with Crippen molar-refractivity contribution in [3.63, 3.8) is 0 Å². The normalized spacial score (nSPS) is 15.4. The van der Waals surface area contributed by atoms with E-state index in [1.54, 1.807) is 12.1 Å². The molecule has 32 heavy (non-hydrogen) atoms. The Labute approximate surface area is 186 Å². The van der Waals surface area contributed by atoms with Crippen molar-refractivity contribution >= 4 is 5.91 Å². The minimum atomic E-state index is -0.275. The van der Waals surface area contributed by atoms with Crippen LogP contribution in [0.3, 0.4) is 0 Å². The van der Waals surface area contributed by atoms with Crippen molar-refractivity contribution in [2.24, 2.45) is 0 Å².